The summed E-state index contributed by atoms with van der Waals surface area (Å²) in [7, 11) is 0. The van der Waals surface area contributed by atoms with Crippen LogP contribution in [0.2, 0.25) is 0 Å². The average molecular weight is 366 g/mol. The maximum atomic E-state index is 12.4. The zero-order chi connectivity index (χ0) is 19.1. The summed E-state index contributed by atoms with van der Waals surface area (Å²) in [5.41, 5.74) is 8.49. The van der Waals surface area contributed by atoms with Gasteiger partial charge in [0.2, 0.25) is 11.8 Å². The molecular weight excluding hydrogens is 340 g/mol. The molecule has 2 amide bonds. The molecule has 0 atom stereocenters. The third kappa shape index (κ3) is 5.56. The first kappa shape index (κ1) is 18.9. The van der Waals surface area contributed by atoms with Crippen molar-refractivity contribution >= 4 is 23.2 Å². The molecule has 0 bridgehead atoms. The van der Waals surface area contributed by atoms with Crippen LogP contribution in [-0.2, 0) is 16.0 Å². The highest BCUT2D eigenvalue weighted by atomic mass is 16.2. The molecule has 27 heavy (non-hydrogen) atoms. The van der Waals surface area contributed by atoms with Crippen LogP contribution < -0.4 is 11.1 Å². The summed E-state index contributed by atoms with van der Waals surface area (Å²) in [6.07, 6.45) is 1.12. The number of benzene rings is 2. The summed E-state index contributed by atoms with van der Waals surface area (Å²) in [6.45, 7) is 3.07. The number of nitrogens with two attached hydrogens (primary N) is 1. The van der Waals surface area contributed by atoms with E-state index in [1.807, 2.05) is 59.5 Å². The second-order valence-electron chi connectivity index (χ2n) is 6.77. The molecule has 142 valence electrons. The Kier molecular flexibility index (Phi) is 6.44. The Morgan fingerprint density at radius 2 is 1.59 bits per heavy atom. The standard InChI is InChI=1S/C21H26N4O2/c22-19-9-5-4-6-17(19)10-11-21(27)25-14-12-24(13-15-25)16-20(26)23-18-7-2-1-3-8-18/h1-9H,10-16,22H2,(H,23,26). The number of rotatable bonds is 6. The predicted molar refractivity (Wildman–Crippen MR) is 107 cm³/mol. The third-order valence-corrected chi connectivity index (χ3v) is 4.81. The van der Waals surface area contributed by atoms with E-state index in [9.17, 15) is 9.59 Å². The molecule has 6 nitrogen and oxygen atoms in total. The van der Waals surface area contributed by atoms with Crippen molar-refractivity contribution in [3.05, 3.63) is 60.2 Å². The molecule has 6 heteroatoms. The van der Waals surface area contributed by atoms with Crippen LogP contribution in [0.3, 0.4) is 0 Å². The van der Waals surface area contributed by atoms with Crippen LogP contribution in [0.15, 0.2) is 54.6 Å². The summed E-state index contributed by atoms with van der Waals surface area (Å²) in [5.74, 6) is 0.118. The molecule has 0 saturated carbocycles. The first-order valence-corrected chi connectivity index (χ1v) is 9.30. The molecule has 1 aliphatic heterocycles. The van der Waals surface area contributed by atoms with Crippen LogP contribution in [0.4, 0.5) is 11.4 Å². The molecule has 2 aromatic carbocycles. The fourth-order valence-electron chi connectivity index (χ4n) is 3.24. The number of hydrogen-bond donors (Lipinski definition) is 2. The van der Waals surface area contributed by atoms with Crippen molar-refractivity contribution in [1.82, 2.24) is 9.80 Å². The number of aryl methyl sites for hydroxylation is 1. The number of carbonyl (C=O) groups is 2. The van der Waals surface area contributed by atoms with Crippen molar-refractivity contribution in [2.45, 2.75) is 12.8 Å². The van der Waals surface area contributed by atoms with Crippen molar-refractivity contribution in [3.63, 3.8) is 0 Å². The van der Waals surface area contributed by atoms with Gasteiger partial charge in [-0.1, -0.05) is 36.4 Å². The second-order valence-corrected chi connectivity index (χ2v) is 6.77. The number of amides is 2. The fourth-order valence-corrected chi connectivity index (χ4v) is 3.24. The van der Waals surface area contributed by atoms with Crippen molar-refractivity contribution in [3.8, 4) is 0 Å². The molecule has 0 spiro atoms. The van der Waals surface area contributed by atoms with Crippen molar-refractivity contribution in [2.75, 3.05) is 43.8 Å². The van der Waals surface area contributed by atoms with Gasteiger partial charge in [-0.2, -0.15) is 0 Å². The van der Waals surface area contributed by atoms with E-state index in [0.29, 0.717) is 45.6 Å². The second kappa shape index (κ2) is 9.19. The molecule has 1 fully saturated rings. The fraction of sp³-hybridized carbons (Fsp3) is 0.333. The maximum Gasteiger partial charge on any atom is 0.238 e. The van der Waals surface area contributed by atoms with E-state index in [0.717, 1.165) is 16.9 Å². The van der Waals surface area contributed by atoms with Gasteiger partial charge in [-0.15, -0.1) is 0 Å². The van der Waals surface area contributed by atoms with Crippen molar-refractivity contribution in [1.29, 1.82) is 0 Å². The number of nitrogen functional groups attached to an aromatic ring is 1. The quantitative estimate of drug-likeness (QED) is 0.767. The Labute approximate surface area is 159 Å². The predicted octanol–water partition coefficient (Wildman–Crippen LogP) is 1.98. The van der Waals surface area contributed by atoms with E-state index < -0.39 is 0 Å². The zero-order valence-corrected chi connectivity index (χ0v) is 15.4. The summed E-state index contributed by atoms with van der Waals surface area (Å²) >= 11 is 0. The molecule has 0 aromatic heterocycles. The van der Waals surface area contributed by atoms with Gasteiger partial charge in [0, 0.05) is 44.0 Å². The van der Waals surface area contributed by atoms with E-state index in [-0.39, 0.29) is 11.8 Å². The molecule has 3 rings (SSSR count). The van der Waals surface area contributed by atoms with Gasteiger partial charge in [-0.05, 0) is 30.2 Å². The summed E-state index contributed by atoms with van der Waals surface area (Å²) < 4.78 is 0. The average Bonchev–Trinajstić information content (AvgIpc) is 2.68. The van der Waals surface area contributed by atoms with E-state index in [4.69, 9.17) is 5.73 Å². The molecular formula is C21H26N4O2. The van der Waals surface area contributed by atoms with Crippen LogP contribution in [0.1, 0.15) is 12.0 Å². The highest BCUT2D eigenvalue weighted by Crippen LogP contribution is 2.14. The molecule has 1 aliphatic rings. The van der Waals surface area contributed by atoms with Gasteiger partial charge in [0.25, 0.3) is 0 Å². The molecule has 1 heterocycles. The van der Waals surface area contributed by atoms with Crippen LogP contribution in [0.5, 0.6) is 0 Å². The Morgan fingerprint density at radius 3 is 2.30 bits per heavy atom. The van der Waals surface area contributed by atoms with E-state index in [1.54, 1.807) is 0 Å². The van der Waals surface area contributed by atoms with Crippen LogP contribution >= 0.6 is 0 Å². The minimum atomic E-state index is -0.0273. The van der Waals surface area contributed by atoms with Gasteiger partial charge in [0.05, 0.1) is 6.54 Å². The number of para-hydroxylation sites is 2. The third-order valence-electron chi connectivity index (χ3n) is 4.81. The number of nitrogens with zero attached hydrogens (tertiary/aromatic N) is 2. The van der Waals surface area contributed by atoms with Gasteiger partial charge in [0.1, 0.15) is 0 Å². The van der Waals surface area contributed by atoms with Crippen LogP contribution in [0, 0.1) is 0 Å². The van der Waals surface area contributed by atoms with E-state index in [2.05, 4.69) is 10.2 Å². The first-order chi connectivity index (χ1) is 13.1. The Morgan fingerprint density at radius 1 is 0.926 bits per heavy atom. The SMILES string of the molecule is Nc1ccccc1CCC(=O)N1CCN(CC(=O)Nc2ccccc2)CC1. The van der Waals surface area contributed by atoms with Crippen molar-refractivity contribution < 1.29 is 9.59 Å². The van der Waals surface area contributed by atoms with Crippen LogP contribution in [-0.4, -0.2) is 54.3 Å². The van der Waals surface area contributed by atoms with Gasteiger partial charge < -0.3 is 16.0 Å². The van der Waals surface area contributed by atoms with Gasteiger partial charge >= 0.3 is 0 Å². The first-order valence-electron chi connectivity index (χ1n) is 9.30. The highest BCUT2D eigenvalue weighted by molar-refractivity contribution is 5.92. The Balaban J connectivity index is 1.40. The Hall–Kier alpha value is -2.86. The maximum absolute atomic E-state index is 12.4. The lowest BCUT2D eigenvalue weighted by Gasteiger charge is -2.34. The lowest BCUT2D eigenvalue weighted by molar-refractivity contribution is -0.133. The normalized spacial score (nSPS) is 14.7. The number of carbonyl (C=O) groups excluding carboxylic acids is 2. The minimum Gasteiger partial charge on any atom is -0.399 e. The number of anilines is 2. The smallest absolute Gasteiger partial charge is 0.238 e. The molecule has 2 aromatic rings. The largest absolute Gasteiger partial charge is 0.399 e. The number of hydrogen-bond acceptors (Lipinski definition) is 4. The van der Waals surface area contributed by atoms with Gasteiger partial charge in [-0.3, -0.25) is 14.5 Å². The number of nitrogens with one attached hydrogen (secondary N) is 1. The van der Waals surface area contributed by atoms with E-state index >= 15 is 0 Å². The summed E-state index contributed by atoms with van der Waals surface area (Å²) in [6, 6.07) is 17.1. The molecule has 0 aliphatic carbocycles. The van der Waals surface area contributed by atoms with Gasteiger partial charge in [0.15, 0.2) is 0 Å². The summed E-state index contributed by atoms with van der Waals surface area (Å²) in [4.78, 5) is 28.5. The minimum absolute atomic E-state index is 0.0273. The monoisotopic (exact) mass is 366 g/mol. The van der Waals surface area contributed by atoms with Crippen molar-refractivity contribution in [2.24, 2.45) is 0 Å². The Bertz CT molecular complexity index is 771. The molecule has 3 N–H and O–H groups in total. The van der Waals surface area contributed by atoms with E-state index in [1.165, 1.54) is 0 Å². The number of piperazine rings is 1. The van der Waals surface area contributed by atoms with Crippen LogP contribution in [0.25, 0.3) is 0 Å². The highest BCUT2D eigenvalue weighted by Gasteiger charge is 2.22. The lowest BCUT2D eigenvalue weighted by Crippen LogP contribution is -2.50. The molecule has 0 unspecified atom stereocenters. The van der Waals surface area contributed by atoms with Gasteiger partial charge in [-0.25, -0.2) is 0 Å². The molecule has 1 saturated heterocycles. The summed E-state index contributed by atoms with van der Waals surface area (Å²) in [5, 5.41) is 2.89. The zero-order valence-electron chi connectivity index (χ0n) is 15.4. The molecule has 0 radical (unpaired) electrons. The topological polar surface area (TPSA) is 78.7 Å². The lowest BCUT2D eigenvalue weighted by atomic mass is 10.1.